The second-order valence-electron chi connectivity index (χ2n) is 13.2. The summed E-state index contributed by atoms with van der Waals surface area (Å²) in [5.41, 5.74) is 11.6. The Hall–Kier alpha value is -6.91. The Labute approximate surface area is 293 Å². The maximum absolute atomic E-state index is 6.29. The van der Waals surface area contributed by atoms with Crippen LogP contribution in [0, 0.1) is 0 Å². The highest BCUT2D eigenvalue weighted by atomic mass is 16.3. The summed E-state index contributed by atoms with van der Waals surface area (Å²) < 4.78 is 6.29. The Bertz CT molecular complexity index is 3040. The van der Waals surface area contributed by atoms with E-state index in [1.165, 1.54) is 38.4 Å². The van der Waals surface area contributed by atoms with Crippen molar-refractivity contribution < 1.29 is 4.42 Å². The lowest BCUT2D eigenvalue weighted by atomic mass is 9.95. The van der Waals surface area contributed by atoms with Crippen LogP contribution in [-0.2, 0) is 0 Å². The summed E-state index contributed by atoms with van der Waals surface area (Å²) in [5, 5.41) is 7.03. The molecular formula is C47H27N3O. The van der Waals surface area contributed by atoms with E-state index in [2.05, 4.69) is 146 Å². The maximum atomic E-state index is 6.29. The highest BCUT2D eigenvalue weighted by Crippen LogP contribution is 2.48. The second kappa shape index (κ2) is 10.8. The zero-order chi connectivity index (χ0) is 33.5. The van der Waals surface area contributed by atoms with Crippen LogP contribution in [0.5, 0.6) is 0 Å². The third-order valence-corrected chi connectivity index (χ3v) is 10.3. The monoisotopic (exact) mass is 649 g/mol. The fraction of sp³-hybridized carbons (Fsp3) is 0. The fourth-order valence-electron chi connectivity index (χ4n) is 7.93. The van der Waals surface area contributed by atoms with Crippen LogP contribution in [0.4, 0.5) is 0 Å². The molecule has 2 aromatic heterocycles. The number of benzene rings is 8. The summed E-state index contributed by atoms with van der Waals surface area (Å²) in [6.07, 6.45) is 0. The van der Waals surface area contributed by atoms with Gasteiger partial charge in [0.1, 0.15) is 11.2 Å². The highest BCUT2D eigenvalue weighted by molar-refractivity contribution is 6.16. The van der Waals surface area contributed by atoms with Gasteiger partial charge in [-0.3, -0.25) is 0 Å². The molecule has 1 aliphatic rings. The van der Waals surface area contributed by atoms with Crippen molar-refractivity contribution in [2.24, 2.45) is 0 Å². The molecule has 0 fully saturated rings. The molecule has 4 nitrogen and oxygen atoms in total. The SMILES string of the molecule is c1ccc(-c2cccc3oc4ccccc4c23)c(-c2nc(-c3ccc4c(c3)-c3cccc5cccc-4c35)nc(-c3ccc4ccccc4c3)n2)c1. The van der Waals surface area contributed by atoms with Gasteiger partial charge in [-0.2, -0.15) is 0 Å². The quantitative estimate of drug-likeness (QED) is 0.190. The van der Waals surface area contributed by atoms with Gasteiger partial charge >= 0.3 is 0 Å². The normalized spacial score (nSPS) is 11.9. The van der Waals surface area contributed by atoms with Gasteiger partial charge < -0.3 is 4.42 Å². The summed E-state index contributed by atoms with van der Waals surface area (Å²) in [4.78, 5) is 15.6. The first-order valence-electron chi connectivity index (χ1n) is 17.2. The van der Waals surface area contributed by atoms with E-state index in [0.29, 0.717) is 17.5 Å². The standard InChI is InChI=1S/C47H27N3O/c1-2-11-30-26-31(23-22-28(30)10-1)45-48-46(32-24-25-34-35-17-7-12-29-13-8-18-37(43(29)35)40(34)27-32)50-47(49-45)38-15-4-3-14-33(38)36-19-9-21-42-44(36)39-16-5-6-20-41(39)51-42/h1-27H. The predicted molar refractivity (Wildman–Crippen MR) is 208 cm³/mol. The molecule has 51 heavy (non-hydrogen) atoms. The van der Waals surface area contributed by atoms with Gasteiger partial charge in [-0.25, -0.2) is 15.0 Å². The lowest BCUT2D eigenvalue weighted by Crippen LogP contribution is -2.01. The van der Waals surface area contributed by atoms with E-state index in [1.807, 2.05) is 18.2 Å². The number of nitrogens with zero attached hydrogens (tertiary/aromatic N) is 3. The zero-order valence-corrected chi connectivity index (χ0v) is 27.3. The Morgan fingerprint density at radius 1 is 0.314 bits per heavy atom. The first-order chi connectivity index (χ1) is 25.3. The van der Waals surface area contributed by atoms with Crippen molar-refractivity contribution in [3.8, 4) is 67.5 Å². The van der Waals surface area contributed by atoms with Crippen molar-refractivity contribution in [3.63, 3.8) is 0 Å². The highest BCUT2D eigenvalue weighted by Gasteiger charge is 2.23. The van der Waals surface area contributed by atoms with Crippen molar-refractivity contribution in [2.75, 3.05) is 0 Å². The van der Waals surface area contributed by atoms with Gasteiger partial charge in [-0.15, -0.1) is 0 Å². The molecule has 0 aliphatic heterocycles. The molecule has 4 heteroatoms. The molecule has 0 saturated heterocycles. The number of hydrogen-bond acceptors (Lipinski definition) is 4. The molecule has 0 atom stereocenters. The summed E-state index contributed by atoms with van der Waals surface area (Å²) in [6, 6.07) is 57.4. The number of fused-ring (bicyclic) bond motifs is 7. The van der Waals surface area contributed by atoms with E-state index >= 15 is 0 Å². The van der Waals surface area contributed by atoms with Gasteiger partial charge in [0, 0.05) is 27.5 Å². The molecule has 2 heterocycles. The molecule has 0 radical (unpaired) electrons. The minimum absolute atomic E-state index is 0.620. The largest absolute Gasteiger partial charge is 0.456 e. The molecule has 8 aromatic carbocycles. The van der Waals surface area contributed by atoms with Crippen molar-refractivity contribution >= 4 is 43.5 Å². The Morgan fingerprint density at radius 2 is 0.863 bits per heavy atom. The van der Waals surface area contributed by atoms with Crippen LogP contribution >= 0.6 is 0 Å². The number of furan rings is 1. The Morgan fingerprint density at radius 3 is 1.71 bits per heavy atom. The summed E-state index contributed by atoms with van der Waals surface area (Å²) in [6.45, 7) is 0. The first kappa shape index (κ1) is 28.0. The smallest absolute Gasteiger partial charge is 0.164 e. The maximum Gasteiger partial charge on any atom is 0.164 e. The first-order valence-corrected chi connectivity index (χ1v) is 17.2. The van der Waals surface area contributed by atoms with Crippen LogP contribution in [0.2, 0.25) is 0 Å². The van der Waals surface area contributed by atoms with E-state index in [4.69, 9.17) is 19.4 Å². The van der Waals surface area contributed by atoms with Gasteiger partial charge in [0.2, 0.25) is 0 Å². The van der Waals surface area contributed by atoms with E-state index in [9.17, 15) is 0 Å². The number of para-hydroxylation sites is 1. The molecule has 0 amide bonds. The van der Waals surface area contributed by atoms with Gasteiger partial charge in [0.05, 0.1) is 0 Å². The molecule has 0 N–H and O–H groups in total. The van der Waals surface area contributed by atoms with Crippen molar-refractivity contribution in [1.29, 1.82) is 0 Å². The fourth-order valence-corrected chi connectivity index (χ4v) is 7.93. The molecule has 0 bridgehead atoms. The topological polar surface area (TPSA) is 51.8 Å². The van der Waals surface area contributed by atoms with Crippen molar-refractivity contribution in [1.82, 2.24) is 15.0 Å². The van der Waals surface area contributed by atoms with Crippen LogP contribution in [0.25, 0.3) is 111 Å². The Kier molecular flexibility index (Phi) is 5.92. The minimum atomic E-state index is 0.620. The molecule has 0 saturated carbocycles. The Balaban J connectivity index is 1.14. The number of aromatic nitrogens is 3. The third-order valence-electron chi connectivity index (χ3n) is 10.3. The predicted octanol–water partition coefficient (Wildman–Crippen LogP) is 12.4. The lowest BCUT2D eigenvalue weighted by molar-refractivity contribution is 0.669. The molecule has 10 aromatic rings. The average molecular weight is 650 g/mol. The van der Waals surface area contributed by atoms with Gasteiger partial charge in [-0.1, -0.05) is 140 Å². The van der Waals surface area contributed by atoms with E-state index in [1.54, 1.807) is 0 Å². The van der Waals surface area contributed by atoms with Gasteiger partial charge in [0.25, 0.3) is 0 Å². The van der Waals surface area contributed by atoms with Crippen molar-refractivity contribution in [3.05, 3.63) is 164 Å². The molecule has 236 valence electrons. The molecule has 0 unspecified atom stereocenters. The minimum Gasteiger partial charge on any atom is -0.456 e. The van der Waals surface area contributed by atoms with E-state index < -0.39 is 0 Å². The van der Waals surface area contributed by atoms with Gasteiger partial charge in [0.15, 0.2) is 17.5 Å². The molecule has 11 rings (SSSR count). The van der Waals surface area contributed by atoms with Crippen LogP contribution in [0.1, 0.15) is 0 Å². The number of hydrogen-bond donors (Lipinski definition) is 0. The number of rotatable bonds is 4. The van der Waals surface area contributed by atoms with Crippen LogP contribution in [0.15, 0.2) is 168 Å². The average Bonchev–Trinajstić information content (AvgIpc) is 3.74. The molecule has 0 spiro atoms. The van der Waals surface area contributed by atoms with E-state index in [0.717, 1.165) is 55.1 Å². The van der Waals surface area contributed by atoms with Crippen LogP contribution in [-0.4, -0.2) is 15.0 Å². The van der Waals surface area contributed by atoms with Crippen LogP contribution in [0.3, 0.4) is 0 Å². The summed E-state index contributed by atoms with van der Waals surface area (Å²) in [7, 11) is 0. The summed E-state index contributed by atoms with van der Waals surface area (Å²) in [5.74, 6) is 1.89. The van der Waals surface area contributed by atoms with E-state index in [-0.39, 0.29) is 0 Å². The molecule has 1 aliphatic carbocycles. The van der Waals surface area contributed by atoms with Crippen molar-refractivity contribution in [2.45, 2.75) is 0 Å². The summed E-state index contributed by atoms with van der Waals surface area (Å²) >= 11 is 0. The zero-order valence-electron chi connectivity index (χ0n) is 27.3. The second-order valence-corrected chi connectivity index (χ2v) is 13.2. The lowest BCUT2D eigenvalue weighted by Gasteiger charge is -2.13. The van der Waals surface area contributed by atoms with Gasteiger partial charge in [-0.05, 0) is 79.2 Å². The van der Waals surface area contributed by atoms with Crippen LogP contribution < -0.4 is 0 Å². The molecular weight excluding hydrogens is 623 g/mol. The third kappa shape index (κ3) is 4.30.